The molecule has 5 nitrogen and oxygen atoms in total. The van der Waals surface area contributed by atoms with Crippen LogP contribution in [0.4, 0.5) is 14.6 Å². The number of carbonyl (C=O) groups excluding carboxylic acids is 1. The van der Waals surface area contributed by atoms with Crippen LogP contribution in [0.15, 0.2) is 48.8 Å². The van der Waals surface area contributed by atoms with Gasteiger partial charge in [0.15, 0.2) is 0 Å². The average Bonchev–Trinajstić information content (AvgIpc) is 3.07. The molecule has 1 amide bonds. The summed E-state index contributed by atoms with van der Waals surface area (Å²) in [6.45, 7) is 2.72. The number of aromatic nitrogens is 2. The number of nitrogens with zero attached hydrogens (tertiary/aromatic N) is 3. The second kappa shape index (κ2) is 8.71. The van der Waals surface area contributed by atoms with E-state index in [0.29, 0.717) is 32.6 Å². The van der Waals surface area contributed by atoms with Gasteiger partial charge in [-0.15, -0.1) is 0 Å². The summed E-state index contributed by atoms with van der Waals surface area (Å²) in [6, 6.07) is 10.4. The number of hydrogen-bond acceptors (Lipinski definition) is 3. The summed E-state index contributed by atoms with van der Waals surface area (Å²) in [5.41, 5.74) is 2.06. The van der Waals surface area contributed by atoms with Gasteiger partial charge in [0.1, 0.15) is 11.5 Å². The van der Waals surface area contributed by atoms with Crippen LogP contribution in [0.25, 0.3) is 11.1 Å². The maximum Gasteiger partial charge on any atom is 0.282 e. The van der Waals surface area contributed by atoms with Crippen molar-refractivity contribution < 1.29 is 13.6 Å². The smallest absolute Gasteiger partial charge is 0.282 e. The van der Waals surface area contributed by atoms with Gasteiger partial charge in [-0.2, -0.15) is 0 Å². The summed E-state index contributed by atoms with van der Waals surface area (Å²) in [5.74, 6) is -2.96. The number of benzene rings is 1. The molecule has 2 aromatic heterocycles. The second-order valence-electron chi connectivity index (χ2n) is 8.24. The summed E-state index contributed by atoms with van der Waals surface area (Å²) in [5, 5.41) is 4.05. The van der Waals surface area contributed by atoms with E-state index in [1.54, 1.807) is 42.6 Å². The largest absolute Gasteiger partial charge is 0.368 e. The molecule has 0 bridgehead atoms. The molecule has 0 radical (unpaired) electrons. The van der Waals surface area contributed by atoms with Crippen LogP contribution in [0.2, 0.25) is 10.0 Å². The molecule has 0 atom stereocenters. The first kappa shape index (κ1) is 22.6. The summed E-state index contributed by atoms with van der Waals surface area (Å²) in [4.78, 5) is 18.6. The van der Waals surface area contributed by atoms with Gasteiger partial charge in [-0.1, -0.05) is 35.3 Å². The monoisotopic (exact) mass is 478 g/mol. The molecule has 1 aromatic carbocycles. The van der Waals surface area contributed by atoms with E-state index in [9.17, 15) is 13.6 Å². The molecule has 0 spiro atoms. The molecule has 3 heterocycles. The van der Waals surface area contributed by atoms with Crippen LogP contribution in [0.1, 0.15) is 29.9 Å². The van der Waals surface area contributed by atoms with Gasteiger partial charge >= 0.3 is 0 Å². The van der Waals surface area contributed by atoms with Crippen molar-refractivity contribution in [1.82, 2.24) is 14.5 Å². The fourth-order valence-electron chi connectivity index (χ4n) is 3.80. The molecule has 0 unspecified atom stereocenters. The highest BCUT2D eigenvalue weighted by molar-refractivity contribution is 6.33. The van der Waals surface area contributed by atoms with Crippen LogP contribution in [0.3, 0.4) is 0 Å². The number of rotatable bonds is 5. The van der Waals surface area contributed by atoms with Gasteiger partial charge in [0, 0.05) is 41.1 Å². The number of alkyl halides is 2. The van der Waals surface area contributed by atoms with E-state index in [0.717, 1.165) is 4.90 Å². The molecule has 9 heteroatoms. The summed E-state index contributed by atoms with van der Waals surface area (Å²) < 4.78 is 30.8. The first-order valence-corrected chi connectivity index (χ1v) is 10.9. The maximum absolute atomic E-state index is 14.8. The first-order chi connectivity index (χ1) is 15.1. The predicted octanol–water partition coefficient (Wildman–Crippen LogP) is 5.97. The Kier molecular flexibility index (Phi) is 6.14. The lowest BCUT2D eigenvalue weighted by Gasteiger charge is -2.24. The lowest BCUT2D eigenvalue weighted by Crippen LogP contribution is -2.39. The number of halogens is 4. The Hall–Kier alpha value is -2.64. The molecule has 3 aromatic rings. The topological polar surface area (TPSA) is 50.2 Å². The van der Waals surface area contributed by atoms with Gasteiger partial charge in [0.2, 0.25) is 0 Å². The van der Waals surface area contributed by atoms with E-state index in [2.05, 4.69) is 10.3 Å². The Bertz CT molecular complexity index is 1160. The molecule has 0 saturated carbocycles. The number of fused-ring (bicyclic) bond motifs is 1. The number of nitrogens with one attached hydrogen (secondary N) is 1. The first-order valence-electron chi connectivity index (χ1n) is 10.2. The van der Waals surface area contributed by atoms with Gasteiger partial charge < -0.3 is 14.8 Å². The van der Waals surface area contributed by atoms with E-state index < -0.39 is 24.9 Å². The normalized spacial score (nSPS) is 15.6. The van der Waals surface area contributed by atoms with Crippen molar-refractivity contribution in [1.29, 1.82) is 0 Å². The minimum Gasteiger partial charge on any atom is -0.368 e. The fourth-order valence-corrected chi connectivity index (χ4v) is 4.22. The van der Waals surface area contributed by atoms with Crippen LogP contribution in [-0.2, 0) is 13.1 Å². The molecular weight excluding hydrogens is 457 g/mol. The van der Waals surface area contributed by atoms with Crippen LogP contribution < -0.4 is 5.32 Å². The molecule has 4 rings (SSSR count). The van der Waals surface area contributed by atoms with Crippen molar-refractivity contribution >= 4 is 34.9 Å². The molecule has 168 valence electrons. The third kappa shape index (κ3) is 4.89. The number of carbonyl (C=O) groups is 1. The predicted molar refractivity (Wildman–Crippen MR) is 123 cm³/mol. The van der Waals surface area contributed by atoms with Gasteiger partial charge in [0.25, 0.3) is 11.8 Å². The van der Waals surface area contributed by atoms with E-state index in [-0.39, 0.29) is 18.3 Å². The van der Waals surface area contributed by atoms with Gasteiger partial charge in [0.05, 0.1) is 18.1 Å². The fraction of sp³-hybridized carbons (Fsp3) is 0.304. The molecule has 1 aliphatic rings. The average molecular weight is 479 g/mol. The van der Waals surface area contributed by atoms with Crippen LogP contribution >= 0.6 is 23.2 Å². The third-order valence-corrected chi connectivity index (χ3v) is 5.63. The molecule has 1 aliphatic heterocycles. The minimum atomic E-state index is -3.10. The van der Waals surface area contributed by atoms with Crippen molar-refractivity contribution in [2.24, 2.45) is 0 Å². The Morgan fingerprint density at radius 1 is 1.19 bits per heavy atom. The Morgan fingerprint density at radius 3 is 2.69 bits per heavy atom. The van der Waals surface area contributed by atoms with Gasteiger partial charge in [-0.3, -0.25) is 4.79 Å². The number of amides is 1. The highest BCUT2D eigenvalue weighted by Crippen LogP contribution is 2.34. The molecule has 0 fully saturated rings. The lowest BCUT2D eigenvalue weighted by molar-refractivity contribution is -0.0366. The highest BCUT2D eigenvalue weighted by Gasteiger charge is 2.39. The molecule has 0 saturated heterocycles. The molecule has 1 N–H and O–H groups in total. The zero-order chi connectivity index (χ0) is 23.0. The lowest BCUT2D eigenvalue weighted by atomic mass is 10.1. The molecular formula is C23H22Cl2F2N4O. The Morgan fingerprint density at radius 2 is 1.97 bits per heavy atom. The van der Waals surface area contributed by atoms with Gasteiger partial charge in [-0.25, -0.2) is 13.8 Å². The van der Waals surface area contributed by atoms with Crippen molar-refractivity contribution in [2.75, 3.05) is 11.9 Å². The van der Waals surface area contributed by atoms with Crippen molar-refractivity contribution in [3.05, 3.63) is 70.1 Å². The molecule has 0 aliphatic carbocycles. The zero-order valence-corrected chi connectivity index (χ0v) is 19.1. The Balaban J connectivity index is 1.71. The van der Waals surface area contributed by atoms with Crippen LogP contribution in [0, 0.1) is 0 Å². The van der Waals surface area contributed by atoms with E-state index in [1.807, 2.05) is 13.8 Å². The maximum atomic E-state index is 14.8. The van der Waals surface area contributed by atoms with Crippen molar-refractivity contribution in [3.63, 3.8) is 0 Å². The highest BCUT2D eigenvalue weighted by atomic mass is 35.5. The minimum absolute atomic E-state index is 0.0357. The second-order valence-corrected chi connectivity index (χ2v) is 9.08. The van der Waals surface area contributed by atoms with Crippen LogP contribution in [-0.4, -0.2) is 38.9 Å². The number of hydrogen-bond donors (Lipinski definition) is 1. The Labute approximate surface area is 195 Å². The van der Waals surface area contributed by atoms with Crippen molar-refractivity contribution in [3.8, 4) is 11.1 Å². The van der Waals surface area contributed by atoms with E-state index >= 15 is 0 Å². The molecule has 32 heavy (non-hydrogen) atoms. The summed E-state index contributed by atoms with van der Waals surface area (Å²) in [7, 11) is 0. The summed E-state index contributed by atoms with van der Waals surface area (Å²) in [6.07, 6.45) is 3.05. The van der Waals surface area contributed by atoms with Gasteiger partial charge in [-0.05, 0) is 43.7 Å². The van der Waals surface area contributed by atoms with Crippen molar-refractivity contribution in [2.45, 2.75) is 38.9 Å². The SMILES string of the molecule is CC(C)Nc1cc(-c2cc3n(c2)CC(F)(F)CN(Cc2cccc(Cl)c2)C3=O)c(Cl)cn1. The summed E-state index contributed by atoms with van der Waals surface area (Å²) >= 11 is 12.4. The van der Waals surface area contributed by atoms with E-state index in [1.165, 1.54) is 10.8 Å². The van der Waals surface area contributed by atoms with E-state index in [4.69, 9.17) is 23.2 Å². The van der Waals surface area contributed by atoms with Crippen LogP contribution in [0.5, 0.6) is 0 Å². The quantitative estimate of drug-likeness (QED) is 0.491. The standard InChI is InChI=1S/C23H22Cl2F2N4O/c1-14(2)29-21-8-18(19(25)9-28-21)16-7-20-22(32)31(10-15-4-3-5-17(24)6-15)13-23(26,27)12-30(20)11-16/h3-9,11,14H,10,12-13H2,1-2H3,(H,28,29). The number of pyridine rings is 1. The zero-order valence-electron chi connectivity index (χ0n) is 17.6. The third-order valence-electron chi connectivity index (χ3n) is 5.09. The number of anilines is 1.